The molecule has 0 amide bonds. The van der Waals surface area contributed by atoms with Crippen LogP contribution in [0.4, 0.5) is 5.69 Å². The van der Waals surface area contributed by atoms with E-state index in [-0.39, 0.29) is 0 Å². The average molecular weight is 336 g/mol. The molecule has 0 atom stereocenters. The van der Waals surface area contributed by atoms with Gasteiger partial charge in [0.05, 0.1) is 22.3 Å². The molecule has 0 unspecified atom stereocenters. The quantitative estimate of drug-likeness (QED) is 0.642. The molecule has 0 aromatic heterocycles. The minimum absolute atomic E-state index is 0.307. The van der Waals surface area contributed by atoms with Crippen molar-refractivity contribution in [2.24, 2.45) is 0 Å². The number of rotatable bonds is 2. The van der Waals surface area contributed by atoms with Crippen LogP contribution in [0.2, 0.25) is 10.0 Å². The molecule has 19 heavy (non-hydrogen) atoms. The van der Waals surface area contributed by atoms with E-state index in [1.54, 1.807) is 6.07 Å². The first kappa shape index (κ1) is 15.4. The van der Waals surface area contributed by atoms with Crippen LogP contribution < -0.4 is 10.8 Å². The first-order valence-electron chi connectivity index (χ1n) is 5.68. The lowest BCUT2D eigenvalue weighted by Crippen LogP contribution is -2.30. The van der Waals surface area contributed by atoms with Gasteiger partial charge in [0.1, 0.15) is 4.32 Å². The minimum Gasteiger partial charge on any atom is -0.423 e. The Morgan fingerprint density at radius 2 is 2.26 bits per heavy atom. The van der Waals surface area contributed by atoms with E-state index in [1.807, 2.05) is 13.8 Å². The number of thiocarbonyl (C=S) groups is 1. The van der Waals surface area contributed by atoms with E-state index in [0.717, 1.165) is 5.56 Å². The normalized spacial score (nSPS) is 13.9. The summed E-state index contributed by atoms with van der Waals surface area (Å²) in [6, 6.07) is 1.74. The fourth-order valence-electron chi connectivity index (χ4n) is 1.78. The molecular weight excluding hydrogens is 324 g/mol. The average Bonchev–Trinajstić information content (AvgIpc) is 2.65. The second-order valence-electron chi connectivity index (χ2n) is 4.36. The molecule has 1 heterocycles. The van der Waals surface area contributed by atoms with Crippen molar-refractivity contribution in [1.82, 2.24) is 0 Å². The zero-order valence-corrected chi connectivity index (χ0v) is 13.5. The zero-order valence-electron chi connectivity index (χ0n) is 10.4. The second-order valence-corrected chi connectivity index (χ2v) is 7.40. The van der Waals surface area contributed by atoms with Gasteiger partial charge in [0.2, 0.25) is 0 Å². The molecule has 0 radical (unpaired) electrons. The summed E-state index contributed by atoms with van der Waals surface area (Å²) in [7, 11) is -1.01. The first-order valence-corrected chi connectivity index (χ1v) is 7.72. The molecule has 1 aliphatic heterocycles. The van der Waals surface area contributed by atoms with Crippen molar-refractivity contribution in [3.05, 3.63) is 21.7 Å². The Morgan fingerprint density at radius 1 is 1.58 bits per heavy atom. The summed E-state index contributed by atoms with van der Waals surface area (Å²) >= 11 is 19.2. The third-order valence-corrected chi connectivity index (χ3v) is 4.42. The first-order chi connectivity index (χ1) is 8.90. The lowest BCUT2D eigenvalue weighted by molar-refractivity contribution is 0.275. The molecule has 0 saturated carbocycles. The Hall–Kier alpha value is 0.0249. The van der Waals surface area contributed by atoms with Crippen LogP contribution in [0.15, 0.2) is 6.07 Å². The van der Waals surface area contributed by atoms with Gasteiger partial charge < -0.3 is 15.0 Å². The molecule has 0 aliphatic carbocycles. The van der Waals surface area contributed by atoms with E-state index < -0.39 is 7.12 Å². The third-order valence-electron chi connectivity index (χ3n) is 2.56. The van der Waals surface area contributed by atoms with Crippen LogP contribution in [0.3, 0.4) is 0 Å². The molecule has 0 bridgehead atoms. The van der Waals surface area contributed by atoms with Gasteiger partial charge in [-0.1, -0.05) is 61.0 Å². The Morgan fingerprint density at radius 3 is 2.89 bits per heavy atom. The number of halogens is 2. The molecule has 102 valence electrons. The van der Waals surface area contributed by atoms with Crippen molar-refractivity contribution in [3.8, 4) is 0 Å². The molecular formula is C11H12BCl2NO2S2. The van der Waals surface area contributed by atoms with Gasteiger partial charge in [-0.25, -0.2) is 0 Å². The van der Waals surface area contributed by atoms with Crippen molar-refractivity contribution in [1.29, 1.82) is 0 Å². The van der Waals surface area contributed by atoms with E-state index in [9.17, 15) is 5.02 Å². The van der Waals surface area contributed by atoms with Crippen LogP contribution in [0.25, 0.3) is 0 Å². The van der Waals surface area contributed by atoms with Gasteiger partial charge in [0, 0.05) is 10.7 Å². The maximum absolute atomic E-state index is 9.74. The fraction of sp³-hybridized carbons (Fsp3) is 0.364. The minimum atomic E-state index is -1.01. The largest absolute Gasteiger partial charge is 0.493 e. The maximum atomic E-state index is 9.74. The maximum Gasteiger partial charge on any atom is 0.493 e. The van der Waals surface area contributed by atoms with Crippen LogP contribution in [-0.4, -0.2) is 21.7 Å². The highest BCUT2D eigenvalue weighted by Crippen LogP contribution is 2.34. The molecule has 0 fully saturated rings. The summed E-state index contributed by atoms with van der Waals surface area (Å²) in [6.07, 6.45) is 0. The van der Waals surface area contributed by atoms with Gasteiger partial charge in [-0.2, -0.15) is 0 Å². The van der Waals surface area contributed by atoms with E-state index in [1.165, 1.54) is 11.8 Å². The fourth-order valence-corrected chi connectivity index (χ4v) is 3.74. The number of fused-ring (bicyclic) bond motifs is 1. The second kappa shape index (κ2) is 6.20. The Kier molecular flexibility index (Phi) is 5.03. The molecule has 8 heteroatoms. The number of anilines is 1. The van der Waals surface area contributed by atoms with Gasteiger partial charge in [-0.15, -0.1) is 0 Å². The van der Waals surface area contributed by atoms with Crippen LogP contribution in [0.1, 0.15) is 19.4 Å². The Bertz CT molecular complexity index is 528. The Balaban J connectivity index is 2.31. The summed E-state index contributed by atoms with van der Waals surface area (Å²) in [5, 5.41) is 14.0. The standard InChI is InChI=1S/C11H12BCl2NO2S2/c1-5(2)19-11(18)15-10-7(13)3-6-4-17-12(16)8(6)9(10)14/h3,5,16H,4H2,1-2H3,(H,15,18). The highest BCUT2D eigenvalue weighted by atomic mass is 35.5. The van der Waals surface area contributed by atoms with Crippen LogP contribution in [0.5, 0.6) is 0 Å². The predicted octanol–water partition coefficient (Wildman–Crippen LogP) is 3.05. The van der Waals surface area contributed by atoms with Crippen LogP contribution in [-0.2, 0) is 11.3 Å². The van der Waals surface area contributed by atoms with Gasteiger partial charge in [-0.3, -0.25) is 0 Å². The van der Waals surface area contributed by atoms with E-state index in [4.69, 9.17) is 40.1 Å². The van der Waals surface area contributed by atoms with Crippen molar-refractivity contribution in [3.63, 3.8) is 0 Å². The van der Waals surface area contributed by atoms with Gasteiger partial charge in [-0.05, 0) is 11.6 Å². The zero-order chi connectivity index (χ0) is 14.2. The number of hydrogen-bond donors (Lipinski definition) is 2. The lowest BCUT2D eigenvalue weighted by atomic mass is 9.79. The molecule has 2 N–H and O–H groups in total. The number of nitrogens with one attached hydrogen (secondary N) is 1. The van der Waals surface area contributed by atoms with Crippen molar-refractivity contribution in [2.75, 3.05) is 5.32 Å². The smallest absolute Gasteiger partial charge is 0.423 e. The predicted molar refractivity (Wildman–Crippen MR) is 87.8 cm³/mol. The highest BCUT2D eigenvalue weighted by molar-refractivity contribution is 8.23. The molecule has 2 rings (SSSR count). The summed E-state index contributed by atoms with van der Waals surface area (Å²) in [5.74, 6) is 0. The number of hydrogen-bond acceptors (Lipinski definition) is 4. The third kappa shape index (κ3) is 3.38. The number of thioether (sulfide) groups is 1. The summed E-state index contributed by atoms with van der Waals surface area (Å²) in [4.78, 5) is 0. The molecule has 1 aliphatic rings. The molecule has 0 spiro atoms. The molecule has 3 nitrogen and oxygen atoms in total. The summed E-state index contributed by atoms with van der Waals surface area (Å²) < 4.78 is 5.72. The monoisotopic (exact) mass is 335 g/mol. The highest BCUT2D eigenvalue weighted by Gasteiger charge is 2.32. The topological polar surface area (TPSA) is 41.5 Å². The van der Waals surface area contributed by atoms with Crippen molar-refractivity contribution in [2.45, 2.75) is 25.7 Å². The SMILES string of the molecule is CC(C)SC(=S)Nc1c(Cl)cc2c(c1Cl)B(O)OC2. The van der Waals surface area contributed by atoms with E-state index in [0.29, 0.717) is 37.4 Å². The van der Waals surface area contributed by atoms with Crippen LogP contribution >= 0.6 is 47.2 Å². The lowest BCUT2D eigenvalue weighted by Gasteiger charge is -2.15. The van der Waals surface area contributed by atoms with Crippen molar-refractivity contribution >= 4 is 69.8 Å². The molecule has 1 aromatic carbocycles. The van der Waals surface area contributed by atoms with E-state index >= 15 is 0 Å². The molecule has 1 aromatic rings. The summed E-state index contributed by atoms with van der Waals surface area (Å²) in [5.41, 5.74) is 1.88. The van der Waals surface area contributed by atoms with E-state index in [2.05, 4.69) is 5.32 Å². The van der Waals surface area contributed by atoms with Gasteiger partial charge in [0.25, 0.3) is 0 Å². The summed E-state index contributed by atoms with van der Waals surface area (Å²) in [6.45, 7) is 4.39. The van der Waals surface area contributed by atoms with Crippen molar-refractivity contribution < 1.29 is 9.68 Å². The van der Waals surface area contributed by atoms with Gasteiger partial charge >= 0.3 is 7.12 Å². The Labute approximate surface area is 132 Å². The van der Waals surface area contributed by atoms with Gasteiger partial charge in [0.15, 0.2) is 0 Å². The van der Waals surface area contributed by atoms with Crippen LogP contribution in [0, 0.1) is 0 Å². The number of benzene rings is 1. The molecule has 0 saturated heterocycles.